The highest BCUT2D eigenvalue weighted by molar-refractivity contribution is 7.77. The Morgan fingerprint density at radius 3 is 2.43 bits per heavy atom. The Morgan fingerprint density at radius 1 is 1.71 bits per heavy atom. The molecule has 0 aliphatic heterocycles. The minimum atomic E-state index is 0.813. The average molecular weight is 117 g/mol. The first-order valence-electron chi connectivity index (χ1n) is 2.80. The van der Waals surface area contributed by atoms with Gasteiger partial charge in [0, 0.05) is 12.6 Å². The summed E-state index contributed by atoms with van der Waals surface area (Å²) in [5.74, 6) is 0. The van der Waals surface area contributed by atoms with E-state index in [0.29, 0.717) is 0 Å². The van der Waals surface area contributed by atoms with Crippen molar-refractivity contribution in [3.05, 3.63) is 0 Å². The van der Waals surface area contributed by atoms with Crippen molar-refractivity contribution in [3.63, 3.8) is 0 Å². The van der Waals surface area contributed by atoms with Gasteiger partial charge in [-0.25, -0.2) is 0 Å². The third kappa shape index (κ3) is 1.35. The third-order valence-corrected chi connectivity index (χ3v) is 1.90. The summed E-state index contributed by atoms with van der Waals surface area (Å²) in [6, 6.07) is 0.813. The predicted octanol–water partition coefficient (Wildman–Crippen LogP) is 1.32. The van der Waals surface area contributed by atoms with Crippen LogP contribution in [-0.4, -0.2) is 16.9 Å². The van der Waals surface area contributed by atoms with E-state index in [0.717, 1.165) is 12.6 Å². The standard InChI is InChI=1S/C5H11NS/c1-2-6(7)5-3-4-5/h5,7H,2-4H2,1H3. The molecule has 0 aromatic rings. The van der Waals surface area contributed by atoms with Crippen LogP contribution in [0.1, 0.15) is 19.8 Å². The fourth-order valence-electron chi connectivity index (χ4n) is 0.631. The molecular weight excluding hydrogens is 106 g/mol. The zero-order valence-electron chi connectivity index (χ0n) is 4.59. The second-order valence-electron chi connectivity index (χ2n) is 1.99. The Bertz CT molecular complexity index is 61.1. The van der Waals surface area contributed by atoms with Crippen LogP contribution in [0.3, 0.4) is 0 Å². The molecule has 7 heavy (non-hydrogen) atoms. The van der Waals surface area contributed by atoms with Gasteiger partial charge in [0.25, 0.3) is 0 Å². The molecule has 42 valence electrons. The largest absolute Gasteiger partial charge is 0.250 e. The Labute approximate surface area is 50.2 Å². The molecule has 1 aliphatic rings. The van der Waals surface area contributed by atoms with Crippen LogP contribution in [0.4, 0.5) is 0 Å². The molecule has 0 aromatic heterocycles. The minimum Gasteiger partial charge on any atom is -0.250 e. The van der Waals surface area contributed by atoms with Crippen LogP contribution in [0.5, 0.6) is 0 Å². The van der Waals surface area contributed by atoms with Gasteiger partial charge >= 0.3 is 0 Å². The van der Waals surface area contributed by atoms with Crippen molar-refractivity contribution in [1.82, 2.24) is 4.31 Å². The monoisotopic (exact) mass is 117 g/mol. The van der Waals surface area contributed by atoms with Gasteiger partial charge in [0.05, 0.1) is 0 Å². The van der Waals surface area contributed by atoms with Crippen molar-refractivity contribution < 1.29 is 0 Å². The van der Waals surface area contributed by atoms with Gasteiger partial charge in [0.15, 0.2) is 0 Å². The maximum Gasteiger partial charge on any atom is 0.0201 e. The van der Waals surface area contributed by atoms with Gasteiger partial charge in [-0.1, -0.05) is 19.7 Å². The van der Waals surface area contributed by atoms with Gasteiger partial charge in [-0.3, -0.25) is 4.31 Å². The van der Waals surface area contributed by atoms with Crippen LogP contribution in [0, 0.1) is 0 Å². The quantitative estimate of drug-likeness (QED) is 0.534. The second kappa shape index (κ2) is 2.05. The molecule has 0 bridgehead atoms. The van der Waals surface area contributed by atoms with Crippen LogP contribution < -0.4 is 0 Å². The van der Waals surface area contributed by atoms with Crippen molar-refractivity contribution in [1.29, 1.82) is 0 Å². The van der Waals surface area contributed by atoms with Crippen LogP contribution in [-0.2, 0) is 0 Å². The number of hydrogen-bond donors (Lipinski definition) is 1. The Balaban J connectivity index is 2.10. The van der Waals surface area contributed by atoms with Gasteiger partial charge in [-0.05, 0) is 12.8 Å². The van der Waals surface area contributed by atoms with E-state index in [1.165, 1.54) is 12.8 Å². The number of hydrogen-bond acceptors (Lipinski definition) is 2. The van der Waals surface area contributed by atoms with E-state index in [4.69, 9.17) is 0 Å². The summed E-state index contributed by atoms with van der Waals surface area (Å²) < 4.78 is 2.10. The molecule has 0 N–H and O–H groups in total. The summed E-state index contributed by atoms with van der Waals surface area (Å²) in [6.45, 7) is 3.21. The molecule has 2 heteroatoms. The molecule has 1 aliphatic carbocycles. The summed E-state index contributed by atoms with van der Waals surface area (Å²) in [6.07, 6.45) is 2.72. The molecular formula is C5H11NS. The Hall–Kier alpha value is 0.310. The molecule has 0 heterocycles. The number of thiol groups is 1. The van der Waals surface area contributed by atoms with Crippen molar-refractivity contribution in [2.45, 2.75) is 25.8 Å². The van der Waals surface area contributed by atoms with Crippen LogP contribution in [0.25, 0.3) is 0 Å². The topological polar surface area (TPSA) is 3.24 Å². The summed E-state index contributed by atoms with van der Waals surface area (Å²) in [4.78, 5) is 0. The lowest BCUT2D eigenvalue weighted by atomic mass is 10.6. The van der Waals surface area contributed by atoms with E-state index in [1.54, 1.807) is 0 Å². The Kier molecular flexibility index (Phi) is 1.60. The molecule has 0 aromatic carbocycles. The number of rotatable bonds is 2. The Morgan fingerprint density at radius 2 is 2.29 bits per heavy atom. The normalized spacial score (nSPS) is 21.0. The van der Waals surface area contributed by atoms with Crippen molar-refractivity contribution in [2.24, 2.45) is 0 Å². The highest BCUT2D eigenvalue weighted by Gasteiger charge is 2.25. The summed E-state index contributed by atoms with van der Waals surface area (Å²) in [5, 5.41) is 0. The first-order chi connectivity index (χ1) is 3.34. The molecule has 0 unspecified atom stereocenters. The fraction of sp³-hybridized carbons (Fsp3) is 1.00. The van der Waals surface area contributed by atoms with Crippen LogP contribution in [0.2, 0.25) is 0 Å². The van der Waals surface area contributed by atoms with Crippen molar-refractivity contribution >= 4 is 12.8 Å². The first kappa shape index (κ1) is 5.45. The molecule has 0 spiro atoms. The fourth-order valence-corrected chi connectivity index (χ4v) is 0.862. The smallest absolute Gasteiger partial charge is 0.0201 e. The van der Waals surface area contributed by atoms with Gasteiger partial charge in [-0.15, -0.1) is 0 Å². The highest BCUT2D eigenvalue weighted by atomic mass is 32.1. The van der Waals surface area contributed by atoms with E-state index in [2.05, 4.69) is 24.0 Å². The van der Waals surface area contributed by atoms with Gasteiger partial charge in [0.1, 0.15) is 0 Å². The van der Waals surface area contributed by atoms with E-state index >= 15 is 0 Å². The molecule has 0 saturated heterocycles. The first-order valence-corrected chi connectivity index (χ1v) is 3.20. The SMILES string of the molecule is CCN(S)C1CC1. The molecule has 0 atom stereocenters. The predicted molar refractivity (Wildman–Crippen MR) is 34.4 cm³/mol. The maximum atomic E-state index is 4.22. The van der Waals surface area contributed by atoms with E-state index in [1.807, 2.05) is 0 Å². The van der Waals surface area contributed by atoms with E-state index in [9.17, 15) is 0 Å². The molecule has 1 saturated carbocycles. The third-order valence-electron chi connectivity index (χ3n) is 1.29. The van der Waals surface area contributed by atoms with E-state index in [-0.39, 0.29) is 0 Å². The van der Waals surface area contributed by atoms with Crippen LogP contribution in [0.15, 0.2) is 0 Å². The lowest BCUT2D eigenvalue weighted by Crippen LogP contribution is -2.12. The van der Waals surface area contributed by atoms with Gasteiger partial charge in [0.2, 0.25) is 0 Å². The van der Waals surface area contributed by atoms with Gasteiger partial charge in [-0.2, -0.15) is 0 Å². The second-order valence-corrected chi connectivity index (χ2v) is 2.50. The highest BCUT2D eigenvalue weighted by Crippen LogP contribution is 2.27. The van der Waals surface area contributed by atoms with E-state index < -0.39 is 0 Å². The summed E-state index contributed by atoms with van der Waals surface area (Å²) in [5.41, 5.74) is 0. The lowest BCUT2D eigenvalue weighted by molar-refractivity contribution is 0.495. The molecule has 1 rings (SSSR count). The number of nitrogens with zero attached hydrogens (tertiary/aromatic N) is 1. The van der Waals surface area contributed by atoms with Crippen LogP contribution >= 0.6 is 12.8 Å². The summed E-state index contributed by atoms with van der Waals surface area (Å²) >= 11 is 4.22. The molecule has 0 amide bonds. The molecule has 1 nitrogen and oxygen atoms in total. The van der Waals surface area contributed by atoms with Crippen molar-refractivity contribution in [3.8, 4) is 0 Å². The molecule has 1 fully saturated rings. The molecule has 0 radical (unpaired) electrons. The lowest BCUT2D eigenvalue weighted by Gasteiger charge is -2.08. The zero-order chi connectivity index (χ0) is 5.28. The average Bonchev–Trinajstić information content (AvgIpc) is 2.44. The maximum absolute atomic E-state index is 4.22. The minimum absolute atomic E-state index is 0.813. The summed E-state index contributed by atoms with van der Waals surface area (Å²) in [7, 11) is 0. The van der Waals surface area contributed by atoms with Gasteiger partial charge < -0.3 is 0 Å². The van der Waals surface area contributed by atoms with Crippen molar-refractivity contribution in [2.75, 3.05) is 6.54 Å². The zero-order valence-corrected chi connectivity index (χ0v) is 5.49.